The summed E-state index contributed by atoms with van der Waals surface area (Å²) in [6, 6.07) is 5.93. The number of ether oxygens (including phenoxy) is 1. The Labute approximate surface area is 83.8 Å². The molecule has 0 saturated heterocycles. The summed E-state index contributed by atoms with van der Waals surface area (Å²) in [6.45, 7) is 4.35. The van der Waals surface area contributed by atoms with Crippen LogP contribution in [-0.2, 0) is 6.42 Å². The predicted molar refractivity (Wildman–Crippen MR) is 55.4 cm³/mol. The van der Waals surface area contributed by atoms with Crippen molar-refractivity contribution in [2.45, 2.75) is 18.9 Å². The fraction of sp³-hybridized carbons (Fsp3) is 0.333. The Morgan fingerprint density at radius 3 is 3.21 bits per heavy atom. The molecule has 0 saturated carbocycles. The van der Waals surface area contributed by atoms with Crippen LogP contribution >= 0.6 is 0 Å². The lowest BCUT2D eigenvalue weighted by molar-refractivity contribution is 0.176. The van der Waals surface area contributed by atoms with Gasteiger partial charge in [0.25, 0.3) is 0 Å². The molecule has 2 nitrogen and oxygen atoms in total. The first-order valence-electron chi connectivity index (χ1n) is 4.86. The summed E-state index contributed by atoms with van der Waals surface area (Å²) in [7, 11) is 0. The fourth-order valence-electron chi connectivity index (χ4n) is 1.79. The number of hydrogen-bond donors (Lipinski definition) is 1. The van der Waals surface area contributed by atoms with Gasteiger partial charge in [-0.1, -0.05) is 24.3 Å². The van der Waals surface area contributed by atoms with Gasteiger partial charge in [-0.05, 0) is 12.0 Å². The molecule has 1 aliphatic rings. The van der Waals surface area contributed by atoms with Gasteiger partial charge in [-0.3, -0.25) is 0 Å². The molecule has 1 aliphatic heterocycles. The van der Waals surface area contributed by atoms with E-state index in [1.807, 2.05) is 18.2 Å². The first kappa shape index (κ1) is 9.28. The SMILES string of the molecule is C=CCC(O)c1cccc2c1OCC2. The summed E-state index contributed by atoms with van der Waals surface area (Å²) in [6.07, 6.45) is 2.75. The molecule has 1 aromatic rings. The number of aliphatic hydroxyl groups is 1. The van der Waals surface area contributed by atoms with Crippen LogP contribution in [0.5, 0.6) is 5.75 Å². The number of aliphatic hydroxyl groups excluding tert-OH is 1. The second-order valence-corrected chi connectivity index (χ2v) is 3.47. The summed E-state index contributed by atoms with van der Waals surface area (Å²) in [5, 5.41) is 9.83. The molecule has 1 aromatic carbocycles. The van der Waals surface area contributed by atoms with Crippen molar-refractivity contribution in [1.82, 2.24) is 0 Å². The number of fused-ring (bicyclic) bond motifs is 1. The molecule has 0 amide bonds. The van der Waals surface area contributed by atoms with Crippen molar-refractivity contribution in [3.05, 3.63) is 42.0 Å². The van der Waals surface area contributed by atoms with Crippen LogP contribution in [0.1, 0.15) is 23.7 Å². The van der Waals surface area contributed by atoms with Crippen molar-refractivity contribution in [1.29, 1.82) is 0 Å². The van der Waals surface area contributed by atoms with Gasteiger partial charge in [0, 0.05) is 12.0 Å². The van der Waals surface area contributed by atoms with E-state index in [2.05, 4.69) is 6.58 Å². The first-order chi connectivity index (χ1) is 6.83. The van der Waals surface area contributed by atoms with Gasteiger partial charge in [-0.2, -0.15) is 0 Å². The Bertz CT molecular complexity index is 344. The van der Waals surface area contributed by atoms with Crippen LogP contribution in [0.4, 0.5) is 0 Å². The van der Waals surface area contributed by atoms with Crippen LogP contribution in [0.25, 0.3) is 0 Å². The molecule has 0 aromatic heterocycles. The molecule has 14 heavy (non-hydrogen) atoms. The van der Waals surface area contributed by atoms with E-state index in [0.717, 1.165) is 24.3 Å². The van der Waals surface area contributed by atoms with Gasteiger partial charge in [0.15, 0.2) is 0 Å². The van der Waals surface area contributed by atoms with E-state index in [0.29, 0.717) is 6.42 Å². The van der Waals surface area contributed by atoms with Crippen molar-refractivity contribution >= 4 is 0 Å². The Hall–Kier alpha value is -1.28. The van der Waals surface area contributed by atoms with Crippen molar-refractivity contribution in [2.24, 2.45) is 0 Å². The fourth-order valence-corrected chi connectivity index (χ4v) is 1.79. The number of para-hydroxylation sites is 1. The van der Waals surface area contributed by atoms with Gasteiger partial charge in [-0.25, -0.2) is 0 Å². The Kier molecular flexibility index (Phi) is 2.55. The van der Waals surface area contributed by atoms with E-state index in [9.17, 15) is 5.11 Å². The smallest absolute Gasteiger partial charge is 0.128 e. The van der Waals surface area contributed by atoms with Crippen molar-refractivity contribution < 1.29 is 9.84 Å². The van der Waals surface area contributed by atoms with Gasteiger partial charge in [0.2, 0.25) is 0 Å². The maximum Gasteiger partial charge on any atom is 0.128 e. The predicted octanol–water partition coefficient (Wildman–Crippen LogP) is 2.23. The van der Waals surface area contributed by atoms with Gasteiger partial charge >= 0.3 is 0 Å². The summed E-state index contributed by atoms with van der Waals surface area (Å²) < 4.78 is 5.50. The zero-order valence-electron chi connectivity index (χ0n) is 8.07. The Morgan fingerprint density at radius 2 is 2.43 bits per heavy atom. The zero-order valence-corrected chi connectivity index (χ0v) is 8.07. The highest BCUT2D eigenvalue weighted by Gasteiger charge is 2.19. The van der Waals surface area contributed by atoms with Crippen LogP contribution < -0.4 is 4.74 Å². The van der Waals surface area contributed by atoms with Crippen molar-refractivity contribution in [2.75, 3.05) is 6.61 Å². The molecule has 1 heterocycles. The second-order valence-electron chi connectivity index (χ2n) is 3.47. The molecule has 0 bridgehead atoms. The van der Waals surface area contributed by atoms with Crippen LogP contribution in [0, 0.1) is 0 Å². The van der Waals surface area contributed by atoms with E-state index in [1.165, 1.54) is 5.56 Å². The average molecular weight is 190 g/mol. The summed E-state index contributed by atoms with van der Waals surface area (Å²) in [5.41, 5.74) is 2.09. The second kappa shape index (κ2) is 3.84. The third-order valence-corrected chi connectivity index (χ3v) is 2.49. The number of hydrogen-bond acceptors (Lipinski definition) is 2. The van der Waals surface area contributed by atoms with E-state index in [-0.39, 0.29) is 0 Å². The van der Waals surface area contributed by atoms with Crippen molar-refractivity contribution in [3.8, 4) is 5.75 Å². The highest BCUT2D eigenvalue weighted by Crippen LogP contribution is 2.34. The normalized spacial score (nSPS) is 15.8. The molecular weight excluding hydrogens is 176 g/mol. The maximum atomic E-state index is 9.83. The monoisotopic (exact) mass is 190 g/mol. The molecule has 0 radical (unpaired) electrons. The molecule has 2 rings (SSSR count). The van der Waals surface area contributed by atoms with E-state index < -0.39 is 6.10 Å². The van der Waals surface area contributed by atoms with Crippen molar-refractivity contribution in [3.63, 3.8) is 0 Å². The van der Waals surface area contributed by atoms with Gasteiger partial charge in [0.1, 0.15) is 5.75 Å². The molecular formula is C12H14O2. The lowest BCUT2D eigenvalue weighted by Crippen LogP contribution is -1.98. The average Bonchev–Trinajstić information content (AvgIpc) is 2.65. The number of rotatable bonds is 3. The summed E-state index contributed by atoms with van der Waals surface area (Å²) in [4.78, 5) is 0. The van der Waals surface area contributed by atoms with E-state index >= 15 is 0 Å². The van der Waals surface area contributed by atoms with E-state index in [1.54, 1.807) is 6.08 Å². The minimum absolute atomic E-state index is 0.486. The van der Waals surface area contributed by atoms with Crippen LogP contribution in [-0.4, -0.2) is 11.7 Å². The Morgan fingerprint density at radius 1 is 1.57 bits per heavy atom. The standard InChI is InChI=1S/C12H14O2/c1-2-4-11(13)10-6-3-5-9-7-8-14-12(9)10/h2-3,5-6,11,13H,1,4,7-8H2. The lowest BCUT2D eigenvalue weighted by Gasteiger charge is -2.12. The quantitative estimate of drug-likeness (QED) is 0.740. The molecule has 1 unspecified atom stereocenters. The minimum atomic E-state index is -0.486. The number of benzene rings is 1. The largest absolute Gasteiger partial charge is 0.493 e. The summed E-state index contributed by atoms with van der Waals surface area (Å²) >= 11 is 0. The molecule has 0 aliphatic carbocycles. The highest BCUT2D eigenvalue weighted by atomic mass is 16.5. The summed E-state index contributed by atoms with van der Waals surface area (Å²) in [5.74, 6) is 0.877. The highest BCUT2D eigenvalue weighted by molar-refractivity contribution is 5.45. The van der Waals surface area contributed by atoms with Crippen LogP contribution in [0.2, 0.25) is 0 Å². The lowest BCUT2D eigenvalue weighted by atomic mass is 10.0. The van der Waals surface area contributed by atoms with E-state index in [4.69, 9.17) is 4.74 Å². The molecule has 0 fully saturated rings. The topological polar surface area (TPSA) is 29.5 Å². The first-order valence-corrected chi connectivity index (χ1v) is 4.86. The molecule has 74 valence electrons. The van der Waals surface area contributed by atoms with Gasteiger partial charge < -0.3 is 9.84 Å². The van der Waals surface area contributed by atoms with Crippen LogP contribution in [0.3, 0.4) is 0 Å². The molecule has 0 spiro atoms. The van der Waals surface area contributed by atoms with Gasteiger partial charge in [-0.15, -0.1) is 6.58 Å². The Balaban J connectivity index is 2.34. The minimum Gasteiger partial charge on any atom is -0.493 e. The van der Waals surface area contributed by atoms with Crippen LogP contribution in [0.15, 0.2) is 30.9 Å². The third kappa shape index (κ3) is 1.53. The maximum absolute atomic E-state index is 9.83. The molecule has 1 N–H and O–H groups in total. The third-order valence-electron chi connectivity index (χ3n) is 2.49. The zero-order chi connectivity index (χ0) is 9.97. The molecule has 1 atom stereocenters. The molecule has 2 heteroatoms. The van der Waals surface area contributed by atoms with Gasteiger partial charge in [0.05, 0.1) is 12.7 Å².